The lowest BCUT2D eigenvalue weighted by molar-refractivity contribution is 0.109. The molecule has 1 rings (SSSR count). The van der Waals surface area contributed by atoms with Crippen molar-refractivity contribution >= 4 is 0 Å². The molecule has 0 heterocycles. The maximum absolute atomic E-state index is 6.10. The summed E-state index contributed by atoms with van der Waals surface area (Å²) in [6, 6.07) is 0.606. The van der Waals surface area contributed by atoms with Crippen LogP contribution in [0.25, 0.3) is 0 Å². The monoisotopic (exact) mass is 269 g/mol. The summed E-state index contributed by atoms with van der Waals surface area (Å²) in [5, 5.41) is 0. The van der Waals surface area contributed by atoms with Gasteiger partial charge in [-0.1, -0.05) is 26.7 Å². The lowest BCUT2D eigenvalue weighted by atomic mass is 9.78. The zero-order valence-corrected chi connectivity index (χ0v) is 13.6. The van der Waals surface area contributed by atoms with Crippen LogP contribution in [-0.4, -0.2) is 56.1 Å². The third kappa shape index (κ3) is 5.80. The van der Waals surface area contributed by atoms with Gasteiger partial charge in [-0.3, -0.25) is 4.90 Å². The first-order valence-electron chi connectivity index (χ1n) is 8.17. The van der Waals surface area contributed by atoms with Crippen LogP contribution >= 0.6 is 0 Å². The van der Waals surface area contributed by atoms with E-state index in [4.69, 9.17) is 5.73 Å². The van der Waals surface area contributed by atoms with E-state index >= 15 is 0 Å². The van der Waals surface area contributed by atoms with Crippen molar-refractivity contribution in [3.05, 3.63) is 0 Å². The molecule has 0 aromatic rings. The van der Waals surface area contributed by atoms with Gasteiger partial charge in [-0.25, -0.2) is 0 Å². The van der Waals surface area contributed by atoms with Gasteiger partial charge >= 0.3 is 0 Å². The lowest BCUT2D eigenvalue weighted by Crippen LogP contribution is -2.47. The Balaban J connectivity index is 2.48. The van der Waals surface area contributed by atoms with Crippen LogP contribution in [0.1, 0.15) is 46.0 Å². The molecule has 0 aromatic carbocycles. The van der Waals surface area contributed by atoms with Crippen molar-refractivity contribution in [1.82, 2.24) is 9.80 Å². The van der Waals surface area contributed by atoms with Crippen molar-refractivity contribution in [2.45, 2.75) is 52.0 Å². The fourth-order valence-corrected chi connectivity index (χ4v) is 3.62. The average molecular weight is 269 g/mol. The third-order valence-electron chi connectivity index (χ3n) is 4.69. The van der Waals surface area contributed by atoms with E-state index < -0.39 is 0 Å². The van der Waals surface area contributed by atoms with Crippen LogP contribution in [-0.2, 0) is 0 Å². The molecule has 0 aliphatic heterocycles. The van der Waals surface area contributed by atoms with Gasteiger partial charge in [0, 0.05) is 12.6 Å². The van der Waals surface area contributed by atoms with Gasteiger partial charge in [0.25, 0.3) is 0 Å². The van der Waals surface area contributed by atoms with E-state index in [0.29, 0.717) is 6.04 Å². The van der Waals surface area contributed by atoms with E-state index in [-0.39, 0.29) is 0 Å². The Bertz CT molecular complexity index is 230. The first-order valence-corrected chi connectivity index (χ1v) is 8.17. The molecule has 3 unspecified atom stereocenters. The van der Waals surface area contributed by atoms with Crippen LogP contribution in [0.3, 0.4) is 0 Å². The number of nitrogens with two attached hydrogens (primary N) is 1. The molecule has 3 heteroatoms. The second kappa shape index (κ2) is 8.93. The Morgan fingerprint density at radius 3 is 2.47 bits per heavy atom. The van der Waals surface area contributed by atoms with Crippen LogP contribution in [0.15, 0.2) is 0 Å². The van der Waals surface area contributed by atoms with E-state index in [1.165, 1.54) is 45.2 Å². The molecule has 114 valence electrons. The van der Waals surface area contributed by atoms with Gasteiger partial charge in [0.2, 0.25) is 0 Å². The molecule has 1 aliphatic rings. The highest BCUT2D eigenvalue weighted by molar-refractivity contribution is 4.84. The standard InChI is InChI=1S/C16H35N3/c1-5-19(11-7-10-18(3)4)16(13-17)15-9-6-8-14(2)12-15/h14-16H,5-13,17H2,1-4H3. The van der Waals surface area contributed by atoms with Crippen molar-refractivity contribution < 1.29 is 0 Å². The Labute approximate surface area is 120 Å². The van der Waals surface area contributed by atoms with Gasteiger partial charge in [-0.15, -0.1) is 0 Å². The van der Waals surface area contributed by atoms with Crippen LogP contribution in [0, 0.1) is 11.8 Å². The minimum absolute atomic E-state index is 0.606. The molecular weight excluding hydrogens is 234 g/mol. The summed E-state index contributed by atoms with van der Waals surface area (Å²) in [7, 11) is 4.30. The highest BCUT2D eigenvalue weighted by Crippen LogP contribution is 2.32. The third-order valence-corrected chi connectivity index (χ3v) is 4.69. The Morgan fingerprint density at radius 1 is 1.21 bits per heavy atom. The van der Waals surface area contributed by atoms with Crippen molar-refractivity contribution in [2.75, 3.05) is 40.3 Å². The molecule has 1 saturated carbocycles. The van der Waals surface area contributed by atoms with Crippen LogP contribution in [0.5, 0.6) is 0 Å². The number of nitrogens with zero attached hydrogens (tertiary/aromatic N) is 2. The second-order valence-electron chi connectivity index (χ2n) is 6.62. The predicted molar refractivity (Wildman–Crippen MR) is 84.4 cm³/mol. The lowest BCUT2D eigenvalue weighted by Gasteiger charge is -2.39. The summed E-state index contributed by atoms with van der Waals surface area (Å²) < 4.78 is 0. The largest absolute Gasteiger partial charge is 0.329 e. The summed E-state index contributed by atoms with van der Waals surface area (Å²) in [5.74, 6) is 1.72. The van der Waals surface area contributed by atoms with E-state index in [1.807, 2.05) is 0 Å². The second-order valence-corrected chi connectivity index (χ2v) is 6.62. The maximum Gasteiger partial charge on any atom is 0.0246 e. The van der Waals surface area contributed by atoms with Crippen molar-refractivity contribution in [1.29, 1.82) is 0 Å². The average Bonchev–Trinajstić information content (AvgIpc) is 2.37. The predicted octanol–water partition coefficient (Wildman–Crippen LogP) is 2.41. The first kappa shape index (κ1) is 16.9. The van der Waals surface area contributed by atoms with Crippen molar-refractivity contribution in [2.24, 2.45) is 17.6 Å². The molecule has 19 heavy (non-hydrogen) atoms. The van der Waals surface area contributed by atoms with Crippen molar-refractivity contribution in [3.8, 4) is 0 Å². The van der Waals surface area contributed by atoms with Gasteiger partial charge in [0.15, 0.2) is 0 Å². The molecule has 2 N–H and O–H groups in total. The zero-order chi connectivity index (χ0) is 14.3. The summed E-state index contributed by atoms with van der Waals surface area (Å²) in [6.07, 6.45) is 6.83. The Kier molecular flexibility index (Phi) is 7.96. The molecule has 0 radical (unpaired) electrons. The SMILES string of the molecule is CCN(CCCN(C)C)C(CN)C1CCCC(C)C1. The van der Waals surface area contributed by atoms with Crippen LogP contribution in [0.4, 0.5) is 0 Å². The summed E-state index contributed by atoms with van der Waals surface area (Å²) in [4.78, 5) is 4.90. The highest BCUT2D eigenvalue weighted by Gasteiger charge is 2.29. The normalized spacial score (nSPS) is 26.1. The molecule has 0 bridgehead atoms. The fraction of sp³-hybridized carbons (Fsp3) is 1.00. The van der Waals surface area contributed by atoms with Gasteiger partial charge in [-0.2, -0.15) is 0 Å². The minimum atomic E-state index is 0.606. The molecule has 1 fully saturated rings. The number of likely N-dealkylation sites (N-methyl/N-ethyl adjacent to an activating group) is 1. The molecule has 0 aromatic heterocycles. The minimum Gasteiger partial charge on any atom is -0.329 e. The number of hydrogen-bond donors (Lipinski definition) is 1. The van der Waals surface area contributed by atoms with E-state index in [1.54, 1.807) is 0 Å². The molecule has 3 atom stereocenters. The highest BCUT2D eigenvalue weighted by atomic mass is 15.2. The Hall–Kier alpha value is -0.120. The topological polar surface area (TPSA) is 32.5 Å². The van der Waals surface area contributed by atoms with E-state index in [0.717, 1.165) is 24.9 Å². The number of hydrogen-bond acceptors (Lipinski definition) is 3. The summed E-state index contributed by atoms with van der Waals surface area (Å²) in [5.41, 5.74) is 6.10. The fourth-order valence-electron chi connectivity index (χ4n) is 3.62. The first-order chi connectivity index (χ1) is 9.08. The van der Waals surface area contributed by atoms with Gasteiger partial charge in [-0.05, 0) is 64.8 Å². The van der Waals surface area contributed by atoms with Crippen molar-refractivity contribution in [3.63, 3.8) is 0 Å². The molecule has 0 amide bonds. The van der Waals surface area contributed by atoms with E-state index in [9.17, 15) is 0 Å². The number of rotatable bonds is 8. The van der Waals surface area contributed by atoms with Gasteiger partial charge in [0.1, 0.15) is 0 Å². The van der Waals surface area contributed by atoms with E-state index in [2.05, 4.69) is 37.7 Å². The quantitative estimate of drug-likeness (QED) is 0.734. The molecule has 1 aliphatic carbocycles. The zero-order valence-electron chi connectivity index (χ0n) is 13.6. The Morgan fingerprint density at radius 2 is 1.95 bits per heavy atom. The van der Waals surface area contributed by atoms with Gasteiger partial charge in [0.05, 0.1) is 0 Å². The molecule has 0 spiro atoms. The van der Waals surface area contributed by atoms with Gasteiger partial charge < -0.3 is 10.6 Å². The summed E-state index contributed by atoms with van der Waals surface area (Å²) >= 11 is 0. The summed E-state index contributed by atoms with van der Waals surface area (Å²) in [6.45, 7) is 9.02. The molecule has 0 saturated heterocycles. The maximum atomic E-state index is 6.10. The smallest absolute Gasteiger partial charge is 0.0246 e. The van der Waals surface area contributed by atoms with Crippen LogP contribution < -0.4 is 5.73 Å². The molecular formula is C16H35N3. The van der Waals surface area contributed by atoms with Crippen LogP contribution in [0.2, 0.25) is 0 Å². The molecule has 3 nitrogen and oxygen atoms in total.